The van der Waals surface area contributed by atoms with Crippen LogP contribution in [0.2, 0.25) is 0 Å². The Balaban J connectivity index is 4.61. The largest absolute Gasteiger partial charge is 0.681 e. The van der Waals surface area contributed by atoms with Gasteiger partial charge in [0.2, 0.25) is 6.29 Å². The third-order valence-electron chi connectivity index (χ3n) is 2.04. The molecule has 8 nitrogen and oxygen atoms in total. The minimum Gasteiger partial charge on any atom is -0.355 e. The predicted molar refractivity (Wildman–Crippen MR) is 64.6 cm³/mol. The maximum Gasteiger partial charge on any atom is 0.681 e. The van der Waals surface area contributed by atoms with E-state index in [9.17, 15) is 0 Å². The summed E-state index contributed by atoms with van der Waals surface area (Å²) in [7, 11) is 2.05. The van der Waals surface area contributed by atoms with Gasteiger partial charge in [0.1, 0.15) is 0 Å². The fourth-order valence-corrected chi connectivity index (χ4v) is 3.49. The monoisotopic (exact) mass is 301 g/mol. The highest BCUT2D eigenvalue weighted by atomic mass is 28.4. The van der Waals surface area contributed by atoms with Crippen LogP contribution in [0, 0.1) is 6.29 Å². The number of hydrogen-bond acceptors (Lipinski definition) is 8. The number of hydrogen-bond donors (Lipinski definition) is 0. The van der Waals surface area contributed by atoms with Crippen molar-refractivity contribution in [2.45, 2.75) is 6.92 Å². The van der Waals surface area contributed by atoms with Crippen LogP contribution in [-0.2, 0) is 35.4 Å². The first-order valence-corrected chi connectivity index (χ1v) is 8.26. The number of rotatable bonds is 10. The van der Waals surface area contributed by atoms with Gasteiger partial charge in [-0.15, -0.1) is 0 Å². The molecule has 0 aromatic rings. The molecule has 1 radical (unpaired) electrons. The lowest BCUT2D eigenvalue weighted by Gasteiger charge is -2.29. The van der Waals surface area contributed by atoms with E-state index in [1.54, 1.807) is 6.92 Å². The summed E-state index contributed by atoms with van der Waals surface area (Å²) in [6.07, 6.45) is 0.115. The van der Waals surface area contributed by atoms with Gasteiger partial charge in [0.05, 0.1) is 0 Å². The zero-order chi connectivity index (χ0) is 14.2. The molecule has 0 aromatic carbocycles. The molecule has 0 aliphatic rings. The molecule has 0 fully saturated rings. The van der Waals surface area contributed by atoms with Crippen LogP contribution >= 0.6 is 0 Å². The van der Waals surface area contributed by atoms with Crippen LogP contribution in [0.1, 0.15) is 6.92 Å². The first-order chi connectivity index (χ1) is 8.46. The summed E-state index contributed by atoms with van der Waals surface area (Å²) in [5.74, 6) is 0. The Labute approximate surface area is 110 Å². The molecular formula is C8H21O8Si2. The Hall–Kier alpha value is 0.114. The second kappa shape index (κ2) is 8.32. The minimum atomic E-state index is -3.22. The minimum absolute atomic E-state index is 0.115. The fraction of sp³-hybridized carbons (Fsp3) is 0.875. The highest BCUT2D eigenvalue weighted by molar-refractivity contribution is 6.54. The van der Waals surface area contributed by atoms with Crippen molar-refractivity contribution in [3.63, 3.8) is 0 Å². The van der Waals surface area contributed by atoms with Crippen LogP contribution < -0.4 is 0 Å². The average molecular weight is 301 g/mol. The topological polar surface area (TPSA) is 73.8 Å². The van der Waals surface area contributed by atoms with Gasteiger partial charge in [-0.25, -0.2) is 0 Å². The van der Waals surface area contributed by atoms with Crippen molar-refractivity contribution in [2.75, 3.05) is 42.7 Å². The molecular weight excluding hydrogens is 280 g/mol. The Morgan fingerprint density at radius 1 is 0.556 bits per heavy atom. The molecule has 0 saturated heterocycles. The summed E-state index contributed by atoms with van der Waals surface area (Å²) in [6.45, 7) is 1.55. The van der Waals surface area contributed by atoms with E-state index in [-0.39, 0.29) is 6.29 Å². The Kier molecular flexibility index (Phi) is 8.37. The van der Waals surface area contributed by atoms with E-state index in [1.165, 1.54) is 42.7 Å². The molecule has 0 amide bonds. The normalized spacial score (nSPS) is 13.3. The summed E-state index contributed by atoms with van der Waals surface area (Å²) in [5.41, 5.74) is 0. The SMILES string of the molecule is CO[Si](OC)(OC)O[C](C)O[Si](OC)(OC)OC. The third kappa shape index (κ3) is 4.66. The molecule has 0 atom stereocenters. The Morgan fingerprint density at radius 3 is 0.944 bits per heavy atom. The van der Waals surface area contributed by atoms with Crippen molar-refractivity contribution in [3.8, 4) is 0 Å². The van der Waals surface area contributed by atoms with Crippen molar-refractivity contribution in [2.24, 2.45) is 0 Å². The van der Waals surface area contributed by atoms with Gasteiger partial charge in [-0.05, 0) is 6.92 Å². The van der Waals surface area contributed by atoms with Crippen molar-refractivity contribution in [3.05, 3.63) is 6.29 Å². The van der Waals surface area contributed by atoms with Gasteiger partial charge in [0.15, 0.2) is 0 Å². The van der Waals surface area contributed by atoms with Crippen molar-refractivity contribution in [1.29, 1.82) is 0 Å². The van der Waals surface area contributed by atoms with E-state index in [2.05, 4.69) is 0 Å². The van der Waals surface area contributed by atoms with Gasteiger partial charge in [-0.3, -0.25) is 0 Å². The van der Waals surface area contributed by atoms with Crippen LogP contribution in [0.3, 0.4) is 0 Å². The molecule has 0 aliphatic carbocycles. The van der Waals surface area contributed by atoms with E-state index in [0.717, 1.165) is 0 Å². The summed E-state index contributed by atoms with van der Waals surface area (Å²) in [4.78, 5) is 0. The van der Waals surface area contributed by atoms with E-state index >= 15 is 0 Å². The van der Waals surface area contributed by atoms with Gasteiger partial charge < -0.3 is 35.4 Å². The van der Waals surface area contributed by atoms with Gasteiger partial charge >= 0.3 is 18.1 Å². The lowest BCUT2D eigenvalue weighted by molar-refractivity contribution is -0.0714. The molecule has 10 heteroatoms. The van der Waals surface area contributed by atoms with Crippen LogP contribution in [0.15, 0.2) is 0 Å². The van der Waals surface area contributed by atoms with Crippen LogP contribution in [0.5, 0.6) is 0 Å². The quantitative estimate of drug-likeness (QED) is 0.533. The predicted octanol–water partition coefficient (Wildman–Crippen LogP) is 0.279. The maximum absolute atomic E-state index is 5.41. The molecule has 0 bridgehead atoms. The molecule has 0 aliphatic heterocycles. The van der Waals surface area contributed by atoms with Gasteiger partial charge in [-0.1, -0.05) is 0 Å². The van der Waals surface area contributed by atoms with Crippen LogP contribution in [-0.4, -0.2) is 60.8 Å². The third-order valence-corrected chi connectivity index (χ3v) is 6.11. The summed E-state index contributed by atoms with van der Waals surface area (Å²) in [5, 5.41) is 0. The molecule has 0 aromatic heterocycles. The molecule has 18 heavy (non-hydrogen) atoms. The molecule has 0 spiro atoms. The zero-order valence-corrected chi connectivity index (χ0v) is 13.8. The molecule has 109 valence electrons. The maximum atomic E-state index is 5.41. The highest BCUT2D eigenvalue weighted by Crippen LogP contribution is 2.21. The molecule has 0 unspecified atom stereocenters. The smallest absolute Gasteiger partial charge is 0.355 e. The summed E-state index contributed by atoms with van der Waals surface area (Å²) in [6, 6.07) is 0. The molecule has 0 N–H and O–H groups in total. The van der Waals surface area contributed by atoms with Crippen LogP contribution in [0.4, 0.5) is 0 Å². The summed E-state index contributed by atoms with van der Waals surface area (Å²) >= 11 is 0. The van der Waals surface area contributed by atoms with Crippen LogP contribution in [0.25, 0.3) is 0 Å². The van der Waals surface area contributed by atoms with E-state index in [4.69, 9.17) is 35.4 Å². The Morgan fingerprint density at radius 2 is 0.778 bits per heavy atom. The fourth-order valence-electron chi connectivity index (χ4n) is 1.12. The van der Waals surface area contributed by atoms with E-state index < -0.39 is 18.1 Å². The van der Waals surface area contributed by atoms with Crippen molar-refractivity contribution >= 4 is 18.1 Å². The standard InChI is InChI=1S/C8H21O8Si2/c1-8(15-17(9-2,10-3)11-4)16-18(12-5,13-6)14-7/h1-7H3. The van der Waals surface area contributed by atoms with Gasteiger partial charge in [-0.2, -0.15) is 0 Å². The van der Waals surface area contributed by atoms with E-state index in [0.29, 0.717) is 0 Å². The van der Waals surface area contributed by atoms with Crippen molar-refractivity contribution < 1.29 is 35.4 Å². The highest BCUT2D eigenvalue weighted by Gasteiger charge is 2.50. The molecule has 0 heterocycles. The Bertz CT molecular complexity index is 183. The lowest BCUT2D eigenvalue weighted by atomic mass is 10.8. The second-order valence-electron chi connectivity index (χ2n) is 2.92. The zero-order valence-electron chi connectivity index (χ0n) is 11.8. The first kappa shape index (κ1) is 18.1. The lowest BCUT2D eigenvalue weighted by Crippen LogP contribution is -2.51. The molecule has 0 saturated carbocycles. The van der Waals surface area contributed by atoms with E-state index in [1.807, 2.05) is 0 Å². The average Bonchev–Trinajstić information content (AvgIpc) is 2.42. The first-order valence-electron chi connectivity index (χ1n) is 4.99. The van der Waals surface area contributed by atoms with Gasteiger partial charge in [0.25, 0.3) is 0 Å². The van der Waals surface area contributed by atoms with Crippen molar-refractivity contribution in [1.82, 2.24) is 0 Å². The summed E-state index contributed by atoms with van der Waals surface area (Å²) < 4.78 is 41.3. The van der Waals surface area contributed by atoms with Gasteiger partial charge in [0, 0.05) is 42.7 Å². The molecule has 0 rings (SSSR count). The second-order valence-corrected chi connectivity index (χ2v) is 7.78.